The third-order valence-corrected chi connectivity index (χ3v) is 12.0. The van der Waals surface area contributed by atoms with Crippen LogP contribution < -0.4 is 9.05 Å². The molecule has 8 heteroatoms. The van der Waals surface area contributed by atoms with E-state index >= 15 is 0 Å². The molecule has 2 heterocycles. The van der Waals surface area contributed by atoms with Crippen LogP contribution >= 0.6 is 16.5 Å². The van der Waals surface area contributed by atoms with E-state index < -0.39 is 16.5 Å². The molecule has 258 valence electrons. The molecule has 6 nitrogen and oxygen atoms in total. The molecule has 2 aromatic heterocycles. The number of benzene rings is 9. The summed E-state index contributed by atoms with van der Waals surface area (Å²) in [4.78, 5) is 0. The zero-order valence-electron chi connectivity index (χ0n) is 28.5. The topological polar surface area (TPSA) is 71.0 Å². The molecule has 11 rings (SSSR count). The van der Waals surface area contributed by atoms with Crippen LogP contribution in [0.4, 0.5) is 0 Å². The largest absolute Gasteiger partial charge is 0.453 e. The zero-order valence-corrected chi connectivity index (χ0v) is 30.3. The molecule has 11 aromatic rings. The van der Waals surface area contributed by atoms with E-state index in [1.165, 1.54) is 0 Å². The fourth-order valence-corrected chi connectivity index (χ4v) is 9.63. The van der Waals surface area contributed by atoms with Gasteiger partial charge < -0.3 is 25.8 Å². The Morgan fingerprint density at radius 3 is 0.833 bits per heavy atom. The Morgan fingerprint density at radius 2 is 0.537 bits per heavy atom. The molecule has 0 aliphatic heterocycles. The number of hydrogen-bond donors (Lipinski definition) is 0. The third-order valence-electron chi connectivity index (χ3n) is 9.95. The van der Waals surface area contributed by atoms with E-state index in [-0.39, 0.29) is 0 Å². The lowest BCUT2D eigenvalue weighted by molar-refractivity contribution is 0.456. The molecule has 0 saturated carbocycles. The highest BCUT2D eigenvalue weighted by atomic mass is 31.1. The van der Waals surface area contributed by atoms with Crippen LogP contribution in [0.15, 0.2) is 187 Å². The smallest absolute Gasteiger partial charge is 0.390 e. The van der Waals surface area contributed by atoms with Crippen molar-refractivity contribution in [2.45, 2.75) is 0 Å². The molecule has 0 saturated heterocycles. The molecule has 0 aliphatic carbocycles. The second kappa shape index (κ2) is 12.5. The summed E-state index contributed by atoms with van der Waals surface area (Å²) in [6, 6.07) is 57.1. The molecule has 0 amide bonds. The molecule has 0 N–H and O–H groups in total. The fourth-order valence-electron chi connectivity index (χ4n) is 7.54. The van der Waals surface area contributed by atoms with Crippen molar-refractivity contribution < 1.29 is 25.8 Å². The van der Waals surface area contributed by atoms with Crippen LogP contribution in [0.25, 0.3) is 87.0 Å². The summed E-state index contributed by atoms with van der Waals surface area (Å²) >= 11 is 0. The standard InChI is InChI=1S/C46H28O6P2/c1-5-15-33-29(11-1)21-25-39-43(33)44-34-16-6-2-12-30(34)22-26-40(44)50-53(49-39)47-37-19-9-10-20-38(37)48-54-51-41-27-23-31-13-3-7-17-35(31)45(41)46-36-18-8-4-14-32(36)24-28-42(46)52-54/h1-28H. The van der Waals surface area contributed by atoms with Crippen molar-refractivity contribution in [2.75, 3.05) is 0 Å². The number of para-hydroxylation sites is 2. The van der Waals surface area contributed by atoms with Gasteiger partial charge >= 0.3 is 16.5 Å². The number of rotatable bonds is 4. The number of hydrogen-bond acceptors (Lipinski definition) is 6. The van der Waals surface area contributed by atoms with Gasteiger partial charge in [-0.05, 0) is 79.5 Å². The first-order chi connectivity index (χ1) is 26.7. The zero-order chi connectivity index (χ0) is 35.6. The summed E-state index contributed by atoms with van der Waals surface area (Å²) in [5.41, 5.74) is 2.73. The maximum atomic E-state index is 6.65. The molecule has 0 bridgehead atoms. The van der Waals surface area contributed by atoms with Crippen LogP contribution in [0.2, 0.25) is 0 Å². The van der Waals surface area contributed by atoms with Gasteiger partial charge in [0.15, 0.2) is 11.5 Å². The Kier molecular flexibility index (Phi) is 7.19. The second-order valence-corrected chi connectivity index (χ2v) is 15.1. The van der Waals surface area contributed by atoms with E-state index in [0.29, 0.717) is 33.8 Å². The van der Waals surface area contributed by atoms with E-state index in [4.69, 9.17) is 25.8 Å². The van der Waals surface area contributed by atoms with Gasteiger partial charge in [0.25, 0.3) is 0 Å². The summed E-state index contributed by atoms with van der Waals surface area (Å²) in [6.07, 6.45) is 0. The van der Waals surface area contributed by atoms with Crippen molar-refractivity contribution in [3.05, 3.63) is 170 Å². The van der Waals surface area contributed by atoms with Crippen molar-refractivity contribution >= 4 is 103 Å². The quantitative estimate of drug-likeness (QED) is 0.179. The first-order valence-corrected chi connectivity index (χ1v) is 19.8. The Bertz CT molecular complexity index is 2950. The van der Waals surface area contributed by atoms with Gasteiger partial charge in [-0.25, -0.2) is 0 Å². The van der Waals surface area contributed by atoms with Gasteiger partial charge in [0.05, 0.1) is 0 Å². The maximum Gasteiger partial charge on any atom is 0.453 e. The first-order valence-electron chi connectivity index (χ1n) is 17.6. The van der Waals surface area contributed by atoms with Crippen molar-refractivity contribution in [1.29, 1.82) is 0 Å². The minimum atomic E-state index is -1.98. The molecule has 0 atom stereocenters. The summed E-state index contributed by atoms with van der Waals surface area (Å²) in [5.74, 6) is 0.873. The molecule has 0 unspecified atom stereocenters. The van der Waals surface area contributed by atoms with E-state index in [9.17, 15) is 0 Å². The summed E-state index contributed by atoms with van der Waals surface area (Å²) in [5, 5.41) is 12.6. The highest BCUT2D eigenvalue weighted by Gasteiger charge is 2.18. The van der Waals surface area contributed by atoms with Crippen molar-refractivity contribution in [2.24, 2.45) is 0 Å². The Morgan fingerprint density at radius 1 is 0.278 bits per heavy atom. The van der Waals surface area contributed by atoms with Crippen LogP contribution in [0.5, 0.6) is 11.5 Å². The summed E-state index contributed by atoms with van der Waals surface area (Å²) < 4.78 is 39.8. The SMILES string of the molecule is c1ccc(Op2oc3ccc4ccccc4c3c3c(ccc4ccccc43)o2)c(Op2oc3ccc4ccccc4c3c3c(ccc4ccccc43)o2)c1. The Balaban J connectivity index is 1.10. The predicted molar refractivity (Wildman–Crippen MR) is 221 cm³/mol. The van der Waals surface area contributed by atoms with Crippen molar-refractivity contribution in [3.63, 3.8) is 0 Å². The minimum absolute atomic E-state index is 0.437. The molecule has 9 aromatic carbocycles. The normalized spacial score (nSPS) is 11.7. The fraction of sp³-hybridized carbons (Fsp3) is 0. The van der Waals surface area contributed by atoms with Crippen LogP contribution in [0.1, 0.15) is 0 Å². The van der Waals surface area contributed by atoms with E-state index in [2.05, 4.69) is 72.8 Å². The predicted octanol–water partition coefficient (Wildman–Crippen LogP) is 15.2. The van der Waals surface area contributed by atoms with Crippen LogP contribution in [0, 0.1) is 0 Å². The van der Waals surface area contributed by atoms with Gasteiger partial charge in [0.2, 0.25) is 0 Å². The van der Waals surface area contributed by atoms with Gasteiger partial charge in [0, 0.05) is 21.5 Å². The number of fused-ring (bicyclic) bond motifs is 14. The third kappa shape index (κ3) is 5.11. The lowest BCUT2D eigenvalue weighted by Crippen LogP contribution is -1.85. The van der Waals surface area contributed by atoms with Gasteiger partial charge in [-0.3, -0.25) is 0 Å². The molecule has 0 radical (unpaired) electrons. The minimum Gasteiger partial charge on any atom is -0.390 e. The molecular formula is C46H28O6P2. The van der Waals surface area contributed by atoms with Crippen LogP contribution in [-0.4, -0.2) is 0 Å². The first kappa shape index (κ1) is 31.0. The summed E-state index contributed by atoms with van der Waals surface area (Å²) in [7, 11) is -3.96. The average molecular weight is 739 g/mol. The van der Waals surface area contributed by atoms with Crippen molar-refractivity contribution in [3.8, 4) is 11.5 Å². The molecule has 0 spiro atoms. The second-order valence-electron chi connectivity index (χ2n) is 13.1. The lowest BCUT2D eigenvalue weighted by atomic mass is 9.99. The highest BCUT2D eigenvalue weighted by molar-refractivity contribution is 7.32. The van der Waals surface area contributed by atoms with Gasteiger partial charge in [-0.2, -0.15) is 0 Å². The van der Waals surface area contributed by atoms with Gasteiger partial charge in [0.1, 0.15) is 22.3 Å². The van der Waals surface area contributed by atoms with Crippen LogP contribution in [-0.2, 0) is 0 Å². The Hall–Kier alpha value is -6.58. The molecular weight excluding hydrogens is 710 g/mol. The monoisotopic (exact) mass is 738 g/mol. The van der Waals surface area contributed by atoms with E-state index in [1.807, 2.05) is 97.1 Å². The van der Waals surface area contributed by atoms with E-state index in [0.717, 1.165) is 64.6 Å². The summed E-state index contributed by atoms with van der Waals surface area (Å²) in [6.45, 7) is 0. The lowest BCUT2D eigenvalue weighted by Gasteiger charge is -2.08. The maximum absolute atomic E-state index is 6.65. The highest BCUT2D eigenvalue weighted by Crippen LogP contribution is 2.47. The average Bonchev–Trinajstić information content (AvgIpc) is 3.49. The molecule has 54 heavy (non-hydrogen) atoms. The Labute approximate surface area is 309 Å². The van der Waals surface area contributed by atoms with E-state index in [1.54, 1.807) is 0 Å². The molecule has 0 fully saturated rings. The van der Waals surface area contributed by atoms with Gasteiger partial charge in [-0.15, -0.1) is 0 Å². The van der Waals surface area contributed by atoms with Gasteiger partial charge in [-0.1, -0.05) is 133 Å². The van der Waals surface area contributed by atoms with Crippen LogP contribution in [0.3, 0.4) is 0 Å². The van der Waals surface area contributed by atoms with Crippen molar-refractivity contribution in [1.82, 2.24) is 0 Å². The molecule has 0 aliphatic rings.